The van der Waals surface area contributed by atoms with Gasteiger partial charge in [0.1, 0.15) is 0 Å². The van der Waals surface area contributed by atoms with Gasteiger partial charge in [-0.25, -0.2) is 4.79 Å². The third-order valence-electron chi connectivity index (χ3n) is 1.92. The SMILES string of the molecule is C[C@@]1(C(=O)O)CCCCO1. The van der Waals surface area contributed by atoms with Gasteiger partial charge < -0.3 is 9.84 Å². The first-order valence-electron chi connectivity index (χ1n) is 3.52. The van der Waals surface area contributed by atoms with E-state index in [1.807, 2.05) is 0 Å². The molecule has 1 atom stereocenters. The Hall–Kier alpha value is -0.570. The standard InChI is InChI=1S/C7H12O3/c1-7(6(8)9)4-2-3-5-10-7/h2-5H2,1H3,(H,8,9)/t7-/m0/s1. The maximum absolute atomic E-state index is 10.6. The number of carboxylic acid groups (broad SMARTS) is 1. The van der Waals surface area contributed by atoms with Crippen LogP contribution in [0.2, 0.25) is 0 Å². The third-order valence-corrected chi connectivity index (χ3v) is 1.92. The van der Waals surface area contributed by atoms with Crippen LogP contribution < -0.4 is 0 Å². The topological polar surface area (TPSA) is 46.5 Å². The summed E-state index contributed by atoms with van der Waals surface area (Å²) in [6.07, 6.45) is 2.59. The fourth-order valence-corrected chi connectivity index (χ4v) is 1.10. The van der Waals surface area contributed by atoms with E-state index in [9.17, 15) is 4.79 Å². The van der Waals surface area contributed by atoms with Gasteiger partial charge in [0.25, 0.3) is 0 Å². The van der Waals surface area contributed by atoms with Crippen molar-refractivity contribution in [2.75, 3.05) is 6.61 Å². The van der Waals surface area contributed by atoms with Crippen molar-refractivity contribution in [3.05, 3.63) is 0 Å². The van der Waals surface area contributed by atoms with Crippen LogP contribution in [-0.2, 0) is 9.53 Å². The Labute approximate surface area is 60.0 Å². The van der Waals surface area contributed by atoms with Gasteiger partial charge in [0.15, 0.2) is 5.60 Å². The second-order valence-corrected chi connectivity index (χ2v) is 2.84. The lowest BCUT2D eigenvalue weighted by atomic mass is 9.96. The summed E-state index contributed by atoms with van der Waals surface area (Å²) in [5.41, 5.74) is -0.905. The van der Waals surface area contributed by atoms with Gasteiger partial charge in [-0.1, -0.05) is 0 Å². The summed E-state index contributed by atoms with van der Waals surface area (Å²) in [4.78, 5) is 10.6. The van der Waals surface area contributed by atoms with Crippen LogP contribution in [0.4, 0.5) is 0 Å². The Morgan fingerprint density at radius 1 is 1.60 bits per heavy atom. The monoisotopic (exact) mass is 144 g/mol. The molecule has 0 aromatic carbocycles. The van der Waals surface area contributed by atoms with Crippen molar-refractivity contribution >= 4 is 5.97 Å². The molecule has 0 aromatic heterocycles. The molecule has 1 heterocycles. The fraction of sp³-hybridized carbons (Fsp3) is 0.857. The Morgan fingerprint density at radius 3 is 2.60 bits per heavy atom. The van der Waals surface area contributed by atoms with Gasteiger partial charge in [0, 0.05) is 6.61 Å². The Kier molecular flexibility index (Phi) is 1.94. The number of hydrogen-bond acceptors (Lipinski definition) is 2. The van der Waals surface area contributed by atoms with Crippen LogP contribution in [0.15, 0.2) is 0 Å². The first-order valence-corrected chi connectivity index (χ1v) is 3.52. The van der Waals surface area contributed by atoms with Crippen molar-refractivity contribution in [2.45, 2.75) is 31.8 Å². The number of rotatable bonds is 1. The van der Waals surface area contributed by atoms with Crippen LogP contribution in [0.25, 0.3) is 0 Å². The smallest absolute Gasteiger partial charge is 0.335 e. The van der Waals surface area contributed by atoms with E-state index in [0.717, 1.165) is 12.8 Å². The highest BCUT2D eigenvalue weighted by Gasteiger charge is 2.35. The maximum Gasteiger partial charge on any atom is 0.335 e. The minimum Gasteiger partial charge on any atom is -0.479 e. The summed E-state index contributed by atoms with van der Waals surface area (Å²) in [5.74, 6) is -0.841. The predicted octanol–water partition coefficient (Wildman–Crippen LogP) is 1.03. The lowest BCUT2D eigenvalue weighted by Gasteiger charge is -2.29. The molecule has 3 nitrogen and oxygen atoms in total. The highest BCUT2D eigenvalue weighted by Crippen LogP contribution is 2.23. The van der Waals surface area contributed by atoms with Gasteiger partial charge in [-0.2, -0.15) is 0 Å². The molecule has 0 aromatic rings. The summed E-state index contributed by atoms with van der Waals surface area (Å²) in [7, 11) is 0. The van der Waals surface area contributed by atoms with Gasteiger partial charge in [-0.15, -0.1) is 0 Å². The first-order chi connectivity index (χ1) is 4.65. The van der Waals surface area contributed by atoms with E-state index in [4.69, 9.17) is 9.84 Å². The minimum atomic E-state index is -0.905. The molecule has 3 heteroatoms. The molecule has 10 heavy (non-hydrogen) atoms. The number of hydrogen-bond donors (Lipinski definition) is 1. The lowest BCUT2D eigenvalue weighted by molar-refractivity contribution is -0.168. The molecule has 1 fully saturated rings. The van der Waals surface area contributed by atoms with Crippen LogP contribution >= 0.6 is 0 Å². The normalized spacial score (nSPS) is 33.7. The van der Waals surface area contributed by atoms with Crippen LogP contribution in [0, 0.1) is 0 Å². The zero-order valence-electron chi connectivity index (χ0n) is 6.09. The molecule has 0 spiro atoms. The van der Waals surface area contributed by atoms with E-state index in [2.05, 4.69) is 0 Å². The summed E-state index contributed by atoms with van der Waals surface area (Å²) >= 11 is 0. The van der Waals surface area contributed by atoms with Gasteiger partial charge in [0.2, 0.25) is 0 Å². The van der Waals surface area contributed by atoms with Crippen molar-refractivity contribution in [1.29, 1.82) is 0 Å². The molecule has 0 amide bonds. The second-order valence-electron chi connectivity index (χ2n) is 2.84. The Balaban J connectivity index is 2.56. The molecular formula is C7H12O3. The average Bonchev–Trinajstić information content (AvgIpc) is 1.89. The first kappa shape index (κ1) is 7.54. The molecule has 1 rings (SSSR count). The molecular weight excluding hydrogens is 132 g/mol. The number of carbonyl (C=O) groups is 1. The highest BCUT2D eigenvalue weighted by molar-refractivity contribution is 5.76. The Morgan fingerprint density at radius 2 is 2.30 bits per heavy atom. The number of carboxylic acids is 1. The van der Waals surface area contributed by atoms with Gasteiger partial charge >= 0.3 is 5.97 Å². The fourth-order valence-electron chi connectivity index (χ4n) is 1.10. The maximum atomic E-state index is 10.6. The van der Waals surface area contributed by atoms with Crippen molar-refractivity contribution < 1.29 is 14.6 Å². The van der Waals surface area contributed by atoms with Crippen molar-refractivity contribution in [3.63, 3.8) is 0 Å². The van der Waals surface area contributed by atoms with Crippen LogP contribution in [0.3, 0.4) is 0 Å². The van der Waals surface area contributed by atoms with E-state index < -0.39 is 11.6 Å². The van der Waals surface area contributed by atoms with Gasteiger partial charge in [-0.3, -0.25) is 0 Å². The second kappa shape index (κ2) is 2.58. The zero-order valence-corrected chi connectivity index (χ0v) is 6.09. The predicted molar refractivity (Wildman–Crippen MR) is 35.8 cm³/mol. The molecule has 1 aliphatic heterocycles. The molecule has 0 unspecified atom stereocenters. The van der Waals surface area contributed by atoms with E-state index in [1.165, 1.54) is 0 Å². The van der Waals surface area contributed by atoms with Crippen molar-refractivity contribution in [1.82, 2.24) is 0 Å². The van der Waals surface area contributed by atoms with Crippen LogP contribution in [0.5, 0.6) is 0 Å². The molecule has 0 saturated carbocycles. The summed E-state index contributed by atoms with van der Waals surface area (Å²) < 4.78 is 5.13. The molecule has 1 saturated heterocycles. The molecule has 0 aliphatic carbocycles. The van der Waals surface area contributed by atoms with Crippen molar-refractivity contribution in [2.24, 2.45) is 0 Å². The van der Waals surface area contributed by atoms with E-state index in [0.29, 0.717) is 13.0 Å². The van der Waals surface area contributed by atoms with Gasteiger partial charge in [0.05, 0.1) is 0 Å². The van der Waals surface area contributed by atoms with E-state index in [-0.39, 0.29) is 0 Å². The van der Waals surface area contributed by atoms with E-state index in [1.54, 1.807) is 6.92 Å². The van der Waals surface area contributed by atoms with Crippen LogP contribution in [-0.4, -0.2) is 23.3 Å². The van der Waals surface area contributed by atoms with E-state index >= 15 is 0 Å². The minimum absolute atomic E-state index is 0.586. The molecule has 1 N–H and O–H groups in total. The number of ether oxygens (including phenoxy) is 1. The summed E-state index contributed by atoms with van der Waals surface area (Å²) in [5, 5.41) is 8.67. The largest absolute Gasteiger partial charge is 0.479 e. The molecule has 0 radical (unpaired) electrons. The average molecular weight is 144 g/mol. The van der Waals surface area contributed by atoms with Gasteiger partial charge in [-0.05, 0) is 26.2 Å². The third kappa shape index (κ3) is 1.29. The summed E-state index contributed by atoms with van der Waals surface area (Å²) in [6, 6.07) is 0. The zero-order chi connectivity index (χ0) is 7.61. The molecule has 0 bridgehead atoms. The molecule has 58 valence electrons. The molecule has 1 aliphatic rings. The van der Waals surface area contributed by atoms with Crippen molar-refractivity contribution in [3.8, 4) is 0 Å². The van der Waals surface area contributed by atoms with Crippen LogP contribution in [0.1, 0.15) is 26.2 Å². The Bertz CT molecular complexity index is 136. The summed E-state index contributed by atoms with van der Waals surface area (Å²) in [6.45, 7) is 2.22. The quantitative estimate of drug-likeness (QED) is 0.597. The lowest BCUT2D eigenvalue weighted by Crippen LogP contribution is -2.40. The number of aliphatic carboxylic acids is 1. The highest BCUT2D eigenvalue weighted by atomic mass is 16.5.